The predicted octanol–water partition coefficient (Wildman–Crippen LogP) is 1.59. The van der Waals surface area contributed by atoms with Crippen LogP contribution in [-0.4, -0.2) is 36.6 Å². The first kappa shape index (κ1) is 10.7. The van der Waals surface area contributed by atoms with Crippen molar-refractivity contribution in [3.8, 4) is 0 Å². The number of hydrogen-bond acceptors (Lipinski definition) is 2. The largest absolute Gasteiger partial charge is 0.381 e. The van der Waals surface area contributed by atoms with Crippen LogP contribution in [0.1, 0.15) is 26.2 Å². The first-order valence-corrected chi connectivity index (χ1v) is 5.68. The van der Waals surface area contributed by atoms with Crippen LogP contribution < -0.4 is 0 Å². The average Bonchev–Trinajstić information content (AvgIpc) is 2.55. The lowest BCUT2D eigenvalue weighted by Gasteiger charge is -2.32. The van der Waals surface area contributed by atoms with Gasteiger partial charge < -0.3 is 9.64 Å². The minimum absolute atomic E-state index is 0.0749. The Morgan fingerprint density at radius 3 is 2.80 bits per heavy atom. The van der Waals surface area contributed by atoms with Crippen molar-refractivity contribution in [1.82, 2.24) is 4.90 Å². The molecule has 0 radical (unpaired) electrons. The van der Waals surface area contributed by atoms with Crippen LogP contribution in [0.4, 0.5) is 0 Å². The highest BCUT2D eigenvalue weighted by atomic mass is 16.5. The summed E-state index contributed by atoms with van der Waals surface area (Å²) in [6, 6.07) is 0.355. The number of nitrogens with zero attached hydrogens (tertiary/aromatic N) is 1. The van der Waals surface area contributed by atoms with Crippen molar-refractivity contribution in [3.05, 3.63) is 12.7 Å². The molecule has 15 heavy (non-hydrogen) atoms. The molecular formula is C12H19NO2. The molecule has 0 aromatic heterocycles. The molecule has 0 saturated carbocycles. The third kappa shape index (κ3) is 1.93. The molecule has 2 aliphatic heterocycles. The molecule has 84 valence electrons. The third-order valence-electron chi connectivity index (χ3n) is 3.78. The smallest absolute Gasteiger partial charge is 0.246 e. The predicted molar refractivity (Wildman–Crippen MR) is 58.5 cm³/mol. The van der Waals surface area contributed by atoms with E-state index >= 15 is 0 Å². The van der Waals surface area contributed by atoms with Crippen molar-refractivity contribution < 1.29 is 9.53 Å². The Morgan fingerprint density at radius 2 is 2.20 bits per heavy atom. The molecule has 3 heteroatoms. The van der Waals surface area contributed by atoms with Gasteiger partial charge in [-0.05, 0) is 37.7 Å². The molecule has 2 rings (SSSR count). The van der Waals surface area contributed by atoms with E-state index in [1.807, 2.05) is 4.90 Å². The number of rotatable bonds is 1. The molecule has 1 amide bonds. The van der Waals surface area contributed by atoms with E-state index in [0.29, 0.717) is 11.5 Å². The average molecular weight is 209 g/mol. The molecule has 2 heterocycles. The first-order chi connectivity index (χ1) is 7.17. The summed E-state index contributed by atoms with van der Waals surface area (Å²) < 4.78 is 5.39. The molecule has 0 aromatic carbocycles. The summed E-state index contributed by atoms with van der Waals surface area (Å²) in [7, 11) is 0. The zero-order valence-electron chi connectivity index (χ0n) is 9.37. The summed E-state index contributed by atoms with van der Waals surface area (Å²) in [6.45, 7) is 8.28. The molecule has 0 aliphatic carbocycles. The van der Waals surface area contributed by atoms with E-state index in [-0.39, 0.29) is 5.91 Å². The van der Waals surface area contributed by atoms with Crippen LogP contribution in [-0.2, 0) is 9.53 Å². The standard InChI is InChI=1S/C12H19NO2/c1-3-11(14)13-9-12(8-10(13)2)4-6-15-7-5-12/h3,10H,1,4-9H2,2H3. The van der Waals surface area contributed by atoms with Gasteiger partial charge in [0.1, 0.15) is 0 Å². The van der Waals surface area contributed by atoms with E-state index < -0.39 is 0 Å². The number of ether oxygens (including phenoxy) is 1. The second kappa shape index (κ2) is 3.97. The van der Waals surface area contributed by atoms with Gasteiger partial charge in [-0.1, -0.05) is 6.58 Å². The molecule has 0 bridgehead atoms. The number of hydrogen-bond donors (Lipinski definition) is 0. The van der Waals surface area contributed by atoms with Crippen molar-refractivity contribution in [2.45, 2.75) is 32.2 Å². The van der Waals surface area contributed by atoms with Crippen molar-refractivity contribution >= 4 is 5.91 Å². The van der Waals surface area contributed by atoms with Gasteiger partial charge in [0.05, 0.1) is 0 Å². The van der Waals surface area contributed by atoms with Crippen molar-refractivity contribution in [3.63, 3.8) is 0 Å². The third-order valence-corrected chi connectivity index (χ3v) is 3.78. The fourth-order valence-electron chi connectivity index (χ4n) is 2.90. The van der Waals surface area contributed by atoms with E-state index in [0.717, 1.165) is 39.0 Å². The Bertz CT molecular complexity index is 269. The van der Waals surface area contributed by atoms with Crippen LogP contribution >= 0.6 is 0 Å². The van der Waals surface area contributed by atoms with Crippen LogP contribution in [0.3, 0.4) is 0 Å². The molecule has 1 unspecified atom stereocenters. The van der Waals surface area contributed by atoms with Gasteiger partial charge in [-0.3, -0.25) is 4.79 Å². The molecule has 1 spiro atoms. The molecule has 0 N–H and O–H groups in total. The summed E-state index contributed by atoms with van der Waals surface area (Å²) in [5.74, 6) is 0.0749. The SMILES string of the molecule is C=CC(=O)N1CC2(CCOCC2)CC1C. The zero-order chi connectivity index (χ0) is 10.9. The van der Waals surface area contributed by atoms with Crippen LogP contribution in [0, 0.1) is 5.41 Å². The number of amides is 1. The van der Waals surface area contributed by atoms with E-state index in [1.54, 1.807) is 0 Å². The van der Waals surface area contributed by atoms with Crippen molar-refractivity contribution in [1.29, 1.82) is 0 Å². The molecule has 1 atom stereocenters. The van der Waals surface area contributed by atoms with Gasteiger partial charge in [-0.25, -0.2) is 0 Å². The van der Waals surface area contributed by atoms with Crippen LogP contribution in [0.5, 0.6) is 0 Å². The first-order valence-electron chi connectivity index (χ1n) is 5.68. The fraction of sp³-hybridized carbons (Fsp3) is 0.750. The Kier molecular flexibility index (Phi) is 2.83. The number of likely N-dealkylation sites (tertiary alicyclic amines) is 1. The highest BCUT2D eigenvalue weighted by Gasteiger charge is 2.44. The Balaban J connectivity index is 2.07. The van der Waals surface area contributed by atoms with Crippen LogP contribution in [0.2, 0.25) is 0 Å². The molecular weight excluding hydrogens is 190 g/mol. The molecule has 2 fully saturated rings. The lowest BCUT2D eigenvalue weighted by molar-refractivity contribution is -0.127. The zero-order valence-corrected chi connectivity index (χ0v) is 9.37. The Morgan fingerprint density at radius 1 is 1.53 bits per heavy atom. The topological polar surface area (TPSA) is 29.5 Å². The summed E-state index contributed by atoms with van der Waals surface area (Å²) in [5, 5.41) is 0. The number of carbonyl (C=O) groups excluding carboxylic acids is 1. The summed E-state index contributed by atoms with van der Waals surface area (Å²) in [4.78, 5) is 13.6. The maximum absolute atomic E-state index is 11.6. The molecule has 2 saturated heterocycles. The lowest BCUT2D eigenvalue weighted by atomic mass is 9.78. The lowest BCUT2D eigenvalue weighted by Crippen LogP contribution is -2.36. The Hall–Kier alpha value is -0.830. The Labute approximate surface area is 91.1 Å². The highest BCUT2D eigenvalue weighted by molar-refractivity contribution is 5.87. The van der Waals surface area contributed by atoms with E-state index in [1.165, 1.54) is 6.08 Å². The monoisotopic (exact) mass is 209 g/mol. The van der Waals surface area contributed by atoms with Gasteiger partial charge in [0.2, 0.25) is 5.91 Å². The van der Waals surface area contributed by atoms with E-state index in [2.05, 4.69) is 13.5 Å². The normalized spacial score (nSPS) is 29.4. The molecule has 0 aromatic rings. The maximum Gasteiger partial charge on any atom is 0.246 e. The van der Waals surface area contributed by atoms with E-state index in [4.69, 9.17) is 4.74 Å². The molecule has 3 nitrogen and oxygen atoms in total. The minimum atomic E-state index is 0.0749. The van der Waals surface area contributed by atoms with Crippen molar-refractivity contribution in [2.75, 3.05) is 19.8 Å². The molecule has 2 aliphatic rings. The van der Waals surface area contributed by atoms with Gasteiger partial charge in [0.25, 0.3) is 0 Å². The van der Waals surface area contributed by atoms with Crippen molar-refractivity contribution in [2.24, 2.45) is 5.41 Å². The van der Waals surface area contributed by atoms with E-state index in [9.17, 15) is 4.79 Å². The van der Waals surface area contributed by atoms with Crippen LogP contribution in [0.15, 0.2) is 12.7 Å². The number of carbonyl (C=O) groups is 1. The van der Waals surface area contributed by atoms with Gasteiger partial charge in [-0.2, -0.15) is 0 Å². The van der Waals surface area contributed by atoms with Gasteiger partial charge in [0, 0.05) is 25.8 Å². The van der Waals surface area contributed by atoms with Crippen LogP contribution in [0.25, 0.3) is 0 Å². The second-order valence-corrected chi connectivity index (χ2v) is 4.84. The summed E-state index contributed by atoms with van der Waals surface area (Å²) in [5.41, 5.74) is 0.330. The second-order valence-electron chi connectivity index (χ2n) is 4.84. The highest BCUT2D eigenvalue weighted by Crippen LogP contribution is 2.42. The summed E-state index contributed by atoms with van der Waals surface area (Å²) in [6.07, 6.45) is 4.74. The minimum Gasteiger partial charge on any atom is -0.381 e. The fourth-order valence-corrected chi connectivity index (χ4v) is 2.90. The van der Waals surface area contributed by atoms with Gasteiger partial charge >= 0.3 is 0 Å². The summed E-state index contributed by atoms with van der Waals surface area (Å²) >= 11 is 0. The van der Waals surface area contributed by atoms with Gasteiger partial charge in [-0.15, -0.1) is 0 Å². The maximum atomic E-state index is 11.6. The van der Waals surface area contributed by atoms with Gasteiger partial charge in [0.15, 0.2) is 0 Å². The quantitative estimate of drug-likeness (QED) is 0.614.